The molecule has 0 bridgehead atoms. The van der Waals surface area contributed by atoms with Gasteiger partial charge in [0.2, 0.25) is 27.6 Å². The lowest BCUT2D eigenvalue weighted by Crippen LogP contribution is -2.64. The van der Waals surface area contributed by atoms with Gasteiger partial charge in [0, 0.05) is 25.7 Å². The summed E-state index contributed by atoms with van der Waals surface area (Å²) in [5.41, 5.74) is -1.90. The van der Waals surface area contributed by atoms with Crippen molar-refractivity contribution in [3.05, 3.63) is 0 Å². The summed E-state index contributed by atoms with van der Waals surface area (Å²) in [7, 11) is -2.02. The third-order valence-electron chi connectivity index (χ3n) is 12.9. The van der Waals surface area contributed by atoms with E-state index in [2.05, 4.69) is 35.1 Å². The van der Waals surface area contributed by atoms with Crippen molar-refractivity contribution in [3.8, 4) is 0 Å². The fourth-order valence-electron chi connectivity index (χ4n) is 8.82. The lowest BCUT2D eigenvalue weighted by atomic mass is 9.83. The van der Waals surface area contributed by atoms with Crippen LogP contribution in [0, 0.1) is 28.6 Å². The quantitative estimate of drug-likeness (QED) is 0.199. The molecule has 5 aliphatic carbocycles. The highest BCUT2D eigenvalue weighted by molar-refractivity contribution is 7.89. The number of fused-ring (bicyclic) bond motifs is 1. The van der Waals surface area contributed by atoms with E-state index in [1.807, 2.05) is 20.8 Å². The molecule has 4 N–H and O–H groups in total. The smallest absolute Gasteiger partial charge is 0.315 e. The molecule has 1 saturated heterocycles. The Labute approximate surface area is 303 Å². The maximum Gasteiger partial charge on any atom is 0.315 e. The van der Waals surface area contributed by atoms with Crippen molar-refractivity contribution >= 4 is 39.6 Å². The molecule has 0 aromatic carbocycles. The molecule has 5 amide bonds. The van der Waals surface area contributed by atoms with E-state index >= 15 is 0 Å². The third kappa shape index (κ3) is 8.26. The molecular weight excluding hydrogens is 673 g/mol. The SMILES string of the molecule is CN(C1CCC1)S(=O)(=O)CC1(NC(=O)N[C@H](C(=O)N2C[C@H]3[C@@H]([C@H]2C(=O)N[C@@H](CC2CC2)C(=O)C(=O)NC2CC2)C3(C)C)C(C)(C)C)CCCCC1. The number of nitrogens with zero attached hydrogens (tertiary/aromatic N) is 2. The number of Topliss-reactive ketones (excluding diaryl/α,β-unsaturated/α-hetero) is 1. The Balaban J connectivity index is 1.17. The number of hydrogen-bond donors (Lipinski definition) is 4. The van der Waals surface area contributed by atoms with E-state index in [0.29, 0.717) is 25.8 Å². The Bertz CT molecular complexity index is 1510. The van der Waals surface area contributed by atoms with E-state index in [1.165, 1.54) is 4.31 Å². The van der Waals surface area contributed by atoms with Gasteiger partial charge >= 0.3 is 6.03 Å². The fourth-order valence-corrected chi connectivity index (χ4v) is 10.7. The monoisotopic (exact) mass is 732 g/mol. The van der Waals surface area contributed by atoms with Crippen LogP contribution >= 0.6 is 0 Å². The normalized spacial score (nSPS) is 28.1. The Morgan fingerprint density at radius 3 is 2.10 bits per heavy atom. The first-order chi connectivity index (χ1) is 23.8. The number of rotatable bonds is 14. The Morgan fingerprint density at radius 1 is 0.902 bits per heavy atom. The van der Waals surface area contributed by atoms with Crippen LogP contribution in [0.2, 0.25) is 0 Å². The number of amides is 5. The second-order valence-corrected chi connectivity index (χ2v) is 20.4. The van der Waals surface area contributed by atoms with Gasteiger partial charge in [0.15, 0.2) is 0 Å². The van der Waals surface area contributed by atoms with Gasteiger partial charge < -0.3 is 26.2 Å². The van der Waals surface area contributed by atoms with Gasteiger partial charge in [-0.3, -0.25) is 19.2 Å². The van der Waals surface area contributed by atoms with Crippen LogP contribution in [0.25, 0.3) is 0 Å². The van der Waals surface area contributed by atoms with E-state index in [1.54, 1.807) is 11.9 Å². The molecule has 13 nitrogen and oxygen atoms in total. The highest BCUT2D eigenvalue weighted by Gasteiger charge is 2.70. The third-order valence-corrected chi connectivity index (χ3v) is 15.0. The van der Waals surface area contributed by atoms with Crippen molar-refractivity contribution in [2.75, 3.05) is 19.3 Å². The number of likely N-dealkylation sites (tertiary alicyclic amines) is 1. The first-order valence-corrected chi connectivity index (χ1v) is 20.9. The van der Waals surface area contributed by atoms with Crippen molar-refractivity contribution in [2.24, 2.45) is 28.6 Å². The van der Waals surface area contributed by atoms with E-state index in [9.17, 15) is 32.4 Å². The summed E-state index contributed by atoms with van der Waals surface area (Å²) in [4.78, 5) is 70.2. The van der Waals surface area contributed by atoms with E-state index in [-0.39, 0.29) is 41.0 Å². The van der Waals surface area contributed by atoms with Crippen LogP contribution in [-0.4, -0.2) is 102 Å². The number of nitrogens with one attached hydrogen (secondary N) is 4. The second-order valence-electron chi connectivity index (χ2n) is 18.3. The maximum atomic E-state index is 14.5. The zero-order chi connectivity index (χ0) is 37.1. The van der Waals surface area contributed by atoms with Crippen molar-refractivity contribution in [1.29, 1.82) is 0 Å². The van der Waals surface area contributed by atoms with Crippen molar-refractivity contribution in [3.63, 3.8) is 0 Å². The minimum atomic E-state index is -3.65. The molecule has 6 aliphatic rings. The van der Waals surface area contributed by atoms with Crippen LogP contribution in [-0.2, 0) is 29.2 Å². The van der Waals surface area contributed by atoms with Crippen molar-refractivity contribution in [2.45, 2.75) is 154 Å². The molecular formula is C37H60N6O7S. The number of hydrogen-bond acceptors (Lipinski definition) is 7. The number of carbonyl (C=O) groups excluding carboxylic acids is 5. The maximum absolute atomic E-state index is 14.5. The van der Waals surface area contributed by atoms with E-state index in [0.717, 1.165) is 64.2 Å². The number of urea groups is 1. The molecule has 5 saturated carbocycles. The summed E-state index contributed by atoms with van der Waals surface area (Å²) in [5.74, 6) is -2.14. The van der Waals surface area contributed by atoms with Gasteiger partial charge in [-0.2, -0.15) is 0 Å². The molecule has 6 fully saturated rings. The highest BCUT2D eigenvalue weighted by Crippen LogP contribution is 2.65. The first kappa shape index (κ1) is 38.0. The standard InChI is InChI=1S/C37H60N6O7S/c1-35(2,3)30(40-34(48)41-37(17-8-7-9-18-37)21-51(49,50)42(6)24-11-10-12-24)33(47)43-20-25-27(36(25,4)5)28(43)31(45)39-26(19-22-13-14-22)29(44)32(46)38-23-15-16-23/h22-28,30H,7-21H2,1-6H3,(H,38,46)(H,39,45)(H2,40,41,48)/t25-,26-,27-,28-,30+/m0/s1. The summed E-state index contributed by atoms with van der Waals surface area (Å²) >= 11 is 0. The summed E-state index contributed by atoms with van der Waals surface area (Å²) in [6.07, 6.45) is 10.3. The number of ketones is 1. The molecule has 0 spiro atoms. The van der Waals surface area contributed by atoms with Gasteiger partial charge in [-0.1, -0.05) is 73.1 Å². The zero-order valence-electron chi connectivity index (χ0n) is 31.4. The summed E-state index contributed by atoms with van der Waals surface area (Å²) in [6.45, 7) is 10.0. The Kier molecular flexibility index (Phi) is 10.4. The summed E-state index contributed by atoms with van der Waals surface area (Å²) in [6, 6.07) is -3.43. The molecule has 0 unspecified atom stereocenters. The molecule has 1 aliphatic heterocycles. The minimum Gasteiger partial charge on any atom is -0.347 e. The topological polar surface area (TPSA) is 174 Å². The van der Waals surface area contributed by atoms with Crippen LogP contribution in [0.15, 0.2) is 0 Å². The zero-order valence-corrected chi connectivity index (χ0v) is 32.2. The molecule has 51 heavy (non-hydrogen) atoms. The molecule has 14 heteroatoms. The van der Waals surface area contributed by atoms with Crippen molar-refractivity contribution < 1.29 is 32.4 Å². The molecule has 0 aromatic heterocycles. The summed E-state index contributed by atoms with van der Waals surface area (Å²) in [5, 5.41) is 11.6. The molecule has 5 atom stereocenters. The number of sulfonamides is 1. The second kappa shape index (κ2) is 13.9. The minimum absolute atomic E-state index is 0.00356. The lowest BCUT2D eigenvalue weighted by molar-refractivity contribution is -0.145. The summed E-state index contributed by atoms with van der Waals surface area (Å²) < 4.78 is 28.6. The van der Waals surface area contributed by atoms with Crippen LogP contribution in [0.5, 0.6) is 0 Å². The van der Waals surface area contributed by atoms with Gasteiger partial charge in [0.1, 0.15) is 12.1 Å². The Hall–Kier alpha value is -2.74. The van der Waals surface area contributed by atoms with Crippen molar-refractivity contribution in [1.82, 2.24) is 30.5 Å². The largest absolute Gasteiger partial charge is 0.347 e. The van der Waals surface area contributed by atoms with Gasteiger partial charge in [-0.05, 0) is 73.5 Å². The lowest BCUT2D eigenvalue weighted by Gasteiger charge is -2.42. The van der Waals surface area contributed by atoms with Crippen LogP contribution in [0.1, 0.15) is 118 Å². The first-order valence-electron chi connectivity index (χ1n) is 19.3. The average molecular weight is 733 g/mol. The van der Waals surface area contributed by atoms with Gasteiger partial charge in [-0.25, -0.2) is 17.5 Å². The van der Waals surface area contributed by atoms with E-state index < -0.39 is 68.6 Å². The molecule has 0 radical (unpaired) electrons. The van der Waals surface area contributed by atoms with Crippen LogP contribution < -0.4 is 21.3 Å². The predicted octanol–water partition coefficient (Wildman–Crippen LogP) is 2.83. The number of piperidine rings is 1. The van der Waals surface area contributed by atoms with Gasteiger partial charge in [0.05, 0.1) is 17.3 Å². The van der Waals surface area contributed by atoms with Gasteiger partial charge in [0.25, 0.3) is 5.91 Å². The molecule has 1 heterocycles. The number of carbonyl (C=O) groups is 5. The molecule has 0 aromatic rings. The highest BCUT2D eigenvalue weighted by atomic mass is 32.2. The fraction of sp³-hybridized carbons (Fsp3) is 0.865. The average Bonchev–Trinajstić information content (AvgIpc) is 3.97. The van der Waals surface area contributed by atoms with Gasteiger partial charge in [-0.15, -0.1) is 0 Å². The van der Waals surface area contributed by atoms with E-state index in [4.69, 9.17) is 0 Å². The molecule has 6 rings (SSSR count). The van der Waals surface area contributed by atoms with Crippen LogP contribution in [0.3, 0.4) is 0 Å². The predicted molar refractivity (Wildman–Crippen MR) is 192 cm³/mol. The molecule has 286 valence electrons. The Morgan fingerprint density at radius 2 is 1.55 bits per heavy atom. The van der Waals surface area contributed by atoms with Crippen LogP contribution in [0.4, 0.5) is 4.79 Å².